The first-order valence-corrected chi connectivity index (χ1v) is 9.64. The number of benzene rings is 1. The Labute approximate surface area is 165 Å². The minimum atomic E-state index is -0.377. The zero-order valence-electron chi connectivity index (χ0n) is 16.4. The molecule has 0 atom stereocenters. The van der Waals surface area contributed by atoms with Crippen LogP contribution in [0.3, 0.4) is 0 Å². The zero-order valence-corrected chi connectivity index (χ0v) is 16.4. The first-order valence-electron chi connectivity index (χ1n) is 9.64. The van der Waals surface area contributed by atoms with Crippen molar-refractivity contribution in [1.82, 2.24) is 14.8 Å². The molecule has 0 bridgehead atoms. The van der Waals surface area contributed by atoms with Gasteiger partial charge in [-0.15, -0.1) is 0 Å². The van der Waals surface area contributed by atoms with Crippen LogP contribution >= 0.6 is 0 Å². The molecule has 28 heavy (non-hydrogen) atoms. The molecule has 1 fully saturated rings. The molecular weight excluding hydrogens is 356 g/mol. The highest BCUT2D eigenvalue weighted by atomic mass is 16.5. The predicted octanol–water partition coefficient (Wildman–Crippen LogP) is 2.51. The van der Waals surface area contributed by atoms with Crippen molar-refractivity contribution in [1.29, 1.82) is 0 Å². The topological polar surface area (TPSA) is 74.8 Å². The number of aromatic nitrogens is 1. The SMILES string of the molecule is CCOc1ccccc1NC(=O)c1cccc(C(=O)N2CCN(CC)CC2)n1. The molecule has 1 aliphatic heterocycles. The second-order valence-electron chi connectivity index (χ2n) is 6.52. The van der Waals surface area contributed by atoms with Crippen LogP contribution in [0.5, 0.6) is 5.75 Å². The summed E-state index contributed by atoms with van der Waals surface area (Å²) < 4.78 is 5.53. The van der Waals surface area contributed by atoms with Crippen LogP contribution in [-0.2, 0) is 0 Å². The Kier molecular flexibility index (Phi) is 6.60. The van der Waals surface area contributed by atoms with Gasteiger partial charge in [-0.3, -0.25) is 9.59 Å². The van der Waals surface area contributed by atoms with E-state index in [1.54, 1.807) is 35.2 Å². The number of rotatable bonds is 6. The lowest BCUT2D eigenvalue weighted by molar-refractivity contribution is 0.0637. The van der Waals surface area contributed by atoms with Crippen LogP contribution in [0, 0.1) is 0 Å². The van der Waals surface area contributed by atoms with Crippen LogP contribution in [0.15, 0.2) is 42.5 Å². The first-order chi connectivity index (χ1) is 13.6. The van der Waals surface area contributed by atoms with Crippen molar-refractivity contribution in [2.45, 2.75) is 13.8 Å². The summed E-state index contributed by atoms with van der Waals surface area (Å²) in [4.78, 5) is 33.8. The number of ether oxygens (including phenoxy) is 1. The van der Waals surface area contributed by atoms with E-state index >= 15 is 0 Å². The van der Waals surface area contributed by atoms with Gasteiger partial charge in [0.05, 0.1) is 12.3 Å². The van der Waals surface area contributed by atoms with Gasteiger partial charge in [0, 0.05) is 26.2 Å². The average molecular weight is 382 g/mol. The van der Waals surface area contributed by atoms with Crippen molar-refractivity contribution >= 4 is 17.5 Å². The molecule has 1 aromatic heterocycles. The Morgan fingerprint density at radius 3 is 2.43 bits per heavy atom. The van der Waals surface area contributed by atoms with E-state index in [0.29, 0.717) is 31.1 Å². The molecule has 1 N–H and O–H groups in total. The summed E-state index contributed by atoms with van der Waals surface area (Å²) in [5, 5.41) is 2.81. The van der Waals surface area contributed by atoms with Gasteiger partial charge in [-0.1, -0.05) is 25.1 Å². The number of carbonyl (C=O) groups is 2. The number of carbonyl (C=O) groups excluding carboxylic acids is 2. The Morgan fingerprint density at radius 1 is 1.00 bits per heavy atom. The van der Waals surface area contributed by atoms with Crippen LogP contribution in [0.1, 0.15) is 34.8 Å². The Balaban J connectivity index is 1.71. The third-order valence-electron chi connectivity index (χ3n) is 4.74. The van der Waals surface area contributed by atoms with E-state index in [4.69, 9.17) is 4.74 Å². The molecule has 2 heterocycles. The number of hydrogen-bond acceptors (Lipinski definition) is 5. The van der Waals surface area contributed by atoms with E-state index < -0.39 is 0 Å². The van der Waals surface area contributed by atoms with Gasteiger partial charge in [0.25, 0.3) is 11.8 Å². The van der Waals surface area contributed by atoms with E-state index in [1.165, 1.54) is 0 Å². The average Bonchev–Trinajstić information content (AvgIpc) is 2.75. The first kappa shape index (κ1) is 19.8. The fourth-order valence-electron chi connectivity index (χ4n) is 3.15. The molecule has 0 spiro atoms. The van der Waals surface area contributed by atoms with Crippen LogP contribution in [-0.4, -0.2) is 65.9 Å². The molecule has 7 heteroatoms. The number of nitrogens with zero attached hydrogens (tertiary/aromatic N) is 3. The molecule has 3 rings (SSSR count). The number of anilines is 1. The Hall–Kier alpha value is -2.93. The lowest BCUT2D eigenvalue weighted by Gasteiger charge is -2.33. The number of amides is 2. The number of para-hydroxylation sites is 2. The molecule has 0 unspecified atom stereocenters. The van der Waals surface area contributed by atoms with Crippen molar-refractivity contribution in [3.63, 3.8) is 0 Å². The third-order valence-corrected chi connectivity index (χ3v) is 4.74. The molecule has 2 aromatic rings. The highest BCUT2D eigenvalue weighted by molar-refractivity contribution is 6.04. The number of likely N-dealkylation sites (N-methyl/N-ethyl adjacent to an activating group) is 1. The number of nitrogens with one attached hydrogen (secondary N) is 1. The monoisotopic (exact) mass is 382 g/mol. The maximum absolute atomic E-state index is 12.8. The molecule has 0 aliphatic carbocycles. The lowest BCUT2D eigenvalue weighted by Crippen LogP contribution is -2.48. The van der Waals surface area contributed by atoms with Crippen molar-refractivity contribution in [2.75, 3.05) is 44.6 Å². The van der Waals surface area contributed by atoms with Crippen LogP contribution in [0.4, 0.5) is 5.69 Å². The number of pyridine rings is 1. The summed E-state index contributed by atoms with van der Waals surface area (Å²) in [5.74, 6) is 0.0806. The van der Waals surface area contributed by atoms with E-state index in [0.717, 1.165) is 19.6 Å². The predicted molar refractivity (Wildman–Crippen MR) is 108 cm³/mol. The van der Waals surface area contributed by atoms with Gasteiger partial charge in [0.1, 0.15) is 17.1 Å². The largest absolute Gasteiger partial charge is 0.492 e. The van der Waals surface area contributed by atoms with Gasteiger partial charge in [-0.25, -0.2) is 4.98 Å². The lowest BCUT2D eigenvalue weighted by atomic mass is 10.2. The van der Waals surface area contributed by atoms with Crippen molar-refractivity contribution in [3.05, 3.63) is 53.9 Å². The van der Waals surface area contributed by atoms with Gasteiger partial charge in [0.15, 0.2) is 0 Å². The smallest absolute Gasteiger partial charge is 0.274 e. The number of piperazine rings is 1. The molecule has 1 saturated heterocycles. The van der Waals surface area contributed by atoms with Crippen molar-refractivity contribution in [3.8, 4) is 5.75 Å². The van der Waals surface area contributed by atoms with E-state index in [2.05, 4.69) is 22.1 Å². The van der Waals surface area contributed by atoms with Crippen molar-refractivity contribution in [2.24, 2.45) is 0 Å². The molecule has 0 radical (unpaired) electrons. The Morgan fingerprint density at radius 2 is 1.71 bits per heavy atom. The van der Waals surface area contributed by atoms with Gasteiger partial charge >= 0.3 is 0 Å². The quantitative estimate of drug-likeness (QED) is 0.831. The molecule has 1 aromatic carbocycles. The van der Waals surface area contributed by atoms with E-state index in [-0.39, 0.29) is 23.2 Å². The van der Waals surface area contributed by atoms with Gasteiger partial charge in [-0.05, 0) is 37.7 Å². The third kappa shape index (κ3) is 4.67. The second kappa shape index (κ2) is 9.32. The highest BCUT2D eigenvalue weighted by Crippen LogP contribution is 2.24. The molecule has 2 amide bonds. The summed E-state index contributed by atoms with van der Waals surface area (Å²) in [6, 6.07) is 12.2. The summed E-state index contributed by atoms with van der Waals surface area (Å²) in [5.41, 5.74) is 1.06. The molecule has 0 saturated carbocycles. The standard InChI is InChI=1S/C21H26N4O3/c1-3-24-12-14-25(15-13-24)21(27)18-10-7-9-17(22-18)20(26)23-16-8-5-6-11-19(16)28-4-2/h5-11H,3-4,12-15H2,1-2H3,(H,23,26). The molecule has 1 aliphatic rings. The van der Waals surface area contributed by atoms with Gasteiger partial charge < -0.3 is 19.9 Å². The zero-order chi connectivity index (χ0) is 19.9. The van der Waals surface area contributed by atoms with Crippen LogP contribution < -0.4 is 10.1 Å². The molecular formula is C21H26N4O3. The minimum Gasteiger partial charge on any atom is -0.492 e. The maximum atomic E-state index is 12.8. The fourth-order valence-corrected chi connectivity index (χ4v) is 3.15. The van der Waals surface area contributed by atoms with E-state index in [1.807, 2.05) is 19.1 Å². The summed E-state index contributed by atoms with van der Waals surface area (Å²) in [6.07, 6.45) is 0. The fraction of sp³-hybridized carbons (Fsp3) is 0.381. The molecule has 148 valence electrons. The van der Waals surface area contributed by atoms with Gasteiger partial charge in [-0.2, -0.15) is 0 Å². The maximum Gasteiger partial charge on any atom is 0.274 e. The van der Waals surface area contributed by atoms with E-state index in [9.17, 15) is 9.59 Å². The molecule has 7 nitrogen and oxygen atoms in total. The highest BCUT2D eigenvalue weighted by Gasteiger charge is 2.23. The van der Waals surface area contributed by atoms with Crippen LogP contribution in [0.2, 0.25) is 0 Å². The minimum absolute atomic E-state index is 0.139. The second-order valence-corrected chi connectivity index (χ2v) is 6.52. The summed E-state index contributed by atoms with van der Waals surface area (Å²) in [7, 11) is 0. The van der Waals surface area contributed by atoms with Crippen LogP contribution in [0.25, 0.3) is 0 Å². The Bertz CT molecular complexity index is 832. The van der Waals surface area contributed by atoms with Gasteiger partial charge in [0.2, 0.25) is 0 Å². The van der Waals surface area contributed by atoms with Crippen molar-refractivity contribution < 1.29 is 14.3 Å². The summed E-state index contributed by atoms with van der Waals surface area (Å²) >= 11 is 0. The summed E-state index contributed by atoms with van der Waals surface area (Å²) in [6.45, 7) is 8.55. The normalized spacial score (nSPS) is 14.6. The number of hydrogen-bond donors (Lipinski definition) is 1.